The van der Waals surface area contributed by atoms with Crippen molar-refractivity contribution in [3.8, 4) is 17.2 Å². The van der Waals surface area contributed by atoms with Crippen molar-refractivity contribution in [1.82, 2.24) is 9.78 Å². The highest BCUT2D eigenvalue weighted by atomic mass is 79.9. The number of halogens is 3. The van der Waals surface area contributed by atoms with Gasteiger partial charge in [-0.15, -0.1) is 0 Å². The molecule has 0 amide bonds. The minimum Gasteiger partial charge on any atom is -0.496 e. The number of allylic oxidation sites excluding steroid dienone is 1. The summed E-state index contributed by atoms with van der Waals surface area (Å²) >= 11 is 3.54. The molecule has 0 saturated heterocycles. The van der Waals surface area contributed by atoms with Gasteiger partial charge in [0.05, 0.1) is 36.6 Å². The van der Waals surface area contributed by atoms with Crippen LogP contribution in [0.25, 0.3) is 6.08 Å². The van der Waals surface area contributed by atoms with E-state index in [-0.39, 0.29) is 22.8 Å². The summed E-state index contributed by atoms with van der Waals surface area (Å²) in [5, 5.41) is 4.54. The van der Waals surface area contributed by atoms with Crippen LogP contribution in [0.1, 0.15) is 32.9 Å². The van der Waals surface area contributed by atoms with Crippen molar-refractivity contribution in [2.24, 2.45) is 0 Å². The van der Waals surface area contributed by atoms with Crippen molar-refractivity contribution >= 4 is 27.8 Å². The topological polar surface area (TPSA) is 62.6 Å². The van der Waals surface area contributed by atoms with Gasteiger partial charge in [-0.1, -0.05) is 12.1 Å². The molecule has 2 aromatic carbocycles. The summed E-state index contributed by atoms with van der Waals surface area (Å²) < 4.78 is 42.8. The van der Waals surface area contributed by atoms with Gasteiger partial charge < -0.3 is 14.2 Å². The van der Waals surface area contributed by atoms with Crippen molar-refractivity contribution in [3.05, 3.63) is 75.0 Å². The molecule has 0 N–H and O–H groups in total. The predicted molar refractivity (Wildman–Crippen MR) is 124 cm³/mol. The van der Waals surface area contributed by atoms with E-state index in [1.807, 2.05) is 36.7 Å². The molecule has 0 radical (unpaired) electrons. The Morgan fingerprint density at radius 2 is 1.79 bits per heavy atom. The summed E-state index contributed by atoms with van der Waals surface area (Å²) in [6.45, 7) is 1.42. The number of ether oxygens (including phenoxy) is 3. The van der Waals surface area contributed by atoms with Crippen molar-refractivity contribution in [3.63, 3.8) is 0 Å². The van der Waals surface area contributed by atoms with Gasteiger partial charge in [0.15, 0.2) is 17.3 Å². The first-order chi connectivity index (χ1) is 15.7. The van der Waals surface area contributed by atoms with Crippen LogP contribution in [-0.2, 0) is 6.54 Å². The fourth-order valence-electron chi connectivity index (χ4n) is 3.30. The maximum Gasteiger partial charge on any atom is 0.387 e. The third-order valence-electron chi connectivity index (χ3n) is 5.01. The normalized spacial score (nSPS) is 11.3. The highest BCUT2D eigenvalue weighted by Crippen LogP contribution is 2.30. The van der Waals surface area contributed by atoms with Crippen molar-refractivity contribution in [2.45, 2.75) is 27.0 Å². The molecule has 0 fully saturated rings. The summed E-state index contributed by atoms with van der Waals surface area (Å²) in [6.07, 6.45) is 3.09. The molecule has 0 bridgehead atoms. The van der Waals surface area contributed by atoms with E-state index in [2.05, 4.69) is 25.8 Å². The van der Waals surface area contributed by atoms with Gasteiger partial charge in [0.25, 0.3) is 0 Å². The number of rotatable bonds is 9. The smallest absolute Gasteiger partial charge is 0.387 e. The number of benzene rings is 2. The summed E-state index contributed by atoms with van der Waals surface area (Å²) in [4.78, 5) is 12.6. The van der Waals surface area contributed by atoms with Crippen LogP contribution in [0.5, 0.6) is 17.2 Å². The SMILES string of the molecule is COc1ccc(/C=C/C(=O)c2ccc(OC(F)F)c(OC)c2)cc1Cn1nc(C)c(Br)c1C. The lowest BCUT2D eigenvalue weighted by Gasteiger charge is -2.11. The molecule has 0 spiro atoms. The number of aryl methyl sites for hydroxylation is 1. The van der Waals surface area contributed by atoms with Crippen LogP contribution in [0.15, 0.2) is 46.9 Å². The Bertz CT molecular complexity index is 1190. The van der Waals surface area contributed by atoms with Crippen LogP contribution in [-0.4, -0.2) is 36.4 Å². The third-order valence-corrected chi connectivity index (χ3v) is 6.16. The molecule has 0 aliphatic carbocycles. The summed E-state index contributed by atoms with van der Waals surface area (Å²) in [7, 11) is 2.92. The van der Waals surface area contributed by atoms with E-state index in [0.29, 0.717) is 12.3 Å². The summed E-state index contributed by atoms with van der Waals surface area (Å²) in [5.74, 6) is 0.319. The molecule has 6 nitrogen and oxygen atoms in total. The first-order valence-corrected chi connectivity index (χ1v) is 10.7. The number of carbonyl (C=O) groups excluding carboxylic acids is 1. The van der Waals surface area contributed by atoms with Gasteiger partial charge in [0.2, 0.25) is 0 Å². The third kappa shape index (κ3) is 5.78. The molecule has 3 rings (SSSR count). The molecule has 33 heavy (non-hydrogen) atoms. The monoisotopic (exact) mass is 520 g/mol. The Labute approximate surface area is 198 Å². The van der Waals surface area contributed by atoms with Crippen LogP contribution >= 0.6 is 15.9 Å². The Morgan fingerprint density at radius 1 is 1.09 bits per heavy atom. The second-order valence-corrected chi connectivity index (χ2v) is 7.95. The van der Waals surface area contributed by atoms with Crippen LogP contribution in [0.4, 0.5) is 8.78 Å². The van der Waals surface area contributed by atoms with E-state index < -0.39 is 6.61 Å². The van der Waals surface area contributed by atoms with Crippen LogP contribution in [0.3, 0.4) is 0 Å². The van der Waals surface area contributed by atoms with E-state index in [4.69, 9.17) is 9.47 Å². The first-order valence-electron chi connectivity index (χ1n) is 9.95. The number of nitrogens with zero attached hydrogens (tertiary/aromatic N) is 2. The summed E-state index contributed by atoms with van der Waals surface area (Å²) in [5.41, 5.74) is 3.88. The van der Waals surface area contributed by atoms with Gasteiger partial charge in [0.1, 0.15) is 5.75 Å². The Hall–Kier alpha value is -3.20. The Morgan fingerprint density at radius 3 is 2.39 bits per heavy atom. The molecular weight excluding hydrogens is 498 g/mol. The van der Waals surface area contributed by atoms with E-state index in [1.165, 1.54) is 31.4 Å². The summed E-state index contributed by atoms with van der Waals surface area (Å²) in [6, 6.07) is 9.65. The van der Waals surface area contributed by atoms with Crippen LogP contribution in [0, 0.1) is 13.8 Å². The maximum absolute atomic E-state index is 12.6. The van der Waals surface area contributed by atoms with E-state index in [9.17, 15) is 13.6 Å². The number of hydrogen-bond acceptors (Lipinski definition) is 5. The van der Waals surface area contributed by atoms with Crippen LogP contribution < -0.4 is 14.2 Å². The largest absolute Gasteiger partial charge is 0.496 e. The predicted octanol–water partition coefficient (Wildman–Crippen LogP) is 5.83. The number of ketones is 1. The number of alkyl halides is 2. The molecule has 0 unspecified atom stereocenters. The van der Waals surface area contributed by atoms with Gasteiger partial charge in [-0.25, -0.2) is 0 Å². The molecule has 9 heteroatoms. The van der Waals surface area contributed by atoms with E-state index in [0.717, 1.165) is 27.0 Å². The molecule has 1 heterocycles. The molecule has 0 saturated carbocycles. The second-order valence-electron chi connectivity index (χ2n) is 7.16. The molecule has 0 aliphatic heterocycles. The van der Waals surface area contributed by atoms with E-state index in [1.54, 1.807) is 13.2 Å². The fourth-order valence-corrected chi connectivity index (χ4v) is 3.58. The average Bonchev–Trinajstić information content (AvgIpc) is 3.03. The average molecular weight is 521 g/mol. The van der Waals surface area contributed by atoms with Crippen molar-refractivity contribution in [2.75, 3.05) is 14.2 Å². The zero-order valence-electron chi connectivity index (χ0n) is 18.6. The zero-order chi connectivity index (χ0) is 24.1. The number of methoxy groups -OCH3 is 2. The van der Waals surface area contributed by atoms with Gasteiger partial charge in [-0.2, -0.15) is 13.9 Å². The lowest BCUT2D eigenvalue weighted by Crippen LogP contribution is -2.06. The maximum atomic E-state index is 12.6. The molecule has 1 aromatic heterocycles. The number of aromatic nitrogens is 2. The Balaban J connectivity index is 1.83. The lowest BCUT2D eigenvalue weighted by molar-refractivity contribution is -0.0512. The van der Waals surface area contributed by atoms with E-state index >= 15 is 0 Å². The Kier molecular flexibility index (Phi) is 7.86. The molecule has 0 atom stereocenters. The molecule has 0 aliphatic rings. The van der Waals surface area contributed by atoms with Crippen molar-refractivity contribution < 1.29 is 27.8 Å². The first kappa shape index (κ1) is 24.4. The number of hydrogen-bond donors (Lipinski definition) is 0. The minimum absolute atomic E-state index is 0.0531. The lowest BCUT2D eigenvalue weighted by atomic mass is 10.1. The quantitative estimate of drug-likeness (QED) is 0.262. The highest BCUT2D eigenvalue weighted by molar-refractivity contribution is 9.10. The standard InChI is InChI=1S/C24H23BrF2N2O4/c1-14-23(25)15(2)29(28-14)13-18-11-16(6-9-20(18)31-3)5-8-19(30)17-7-10-21(33-24(26)27)22(12-17)32-4/h5-12,24H,13H2,1-4H3/b8-5+. The second kappa shape index (κ2) is 10.6. The molecular formula is C24H23BrF2N2O4. The van der Waals surface area contributed by atoms with Gasteiger partial charge >= 0.3 is 6.61 Å². The van der Waals surface area contributed by atoms with Gasteiger partial charge in [0, 0.05) is 11.1 Å². The van der Waals surface area contributed by atoms with Crippen LogP contribution in [0.2, 0.25) is 0 Å². The van der Waals surface area contributed by atoms with Gasteiger partial charge in [-0.3, -0.25) is 9.48 Å². The highest BCUT2D eigenvalue weighted by Gasteiger charge is 2.14. The fraction of sp³-hybridized carbons (Fsp3) is 0.250. The molecule has 3 aromatic rings. The van der Waals surface area contributed by atoms with Crippen molar-refractivity contribution in [1.29, 1.82) is 0 Å². The van der Waals surface area contributed by atoms with Gasteiger partial charge in [-0.05, 0) is 71.7 Å². The zero-order valence-corrected chi connectivity index (χ0v) is 20.2. The number of carbonyl (C=O) groups is 1. The minimum atomic E-state index is -2.99. The molecule has 174 valence electrons.